The van der Waals surface area contributed by atoms with Crippen molar-refractivity contribution in [1.82, 2.24) is 25.1 Å². The number of benzene rings is 1. The molecule has 1 aliphatic heterocycles. The first-order valence-electron chi connectivity index (χ1n) is 8.87. The van der Waals surface area contributed by atoms with Crippen LogP contribution in [0.5, 0.6) is 0 Å². The van der Waals surface area contributed by atoms with Crippen molar-refractivity contribution in [2.24, 2.45) is 0 Å². The number of carbonyl (C=O) groups excluding carboxylic acids is 1. The summed E-state index contributed by atoms with van der Waals surface area (Å²) in [6, 6.07) is 6.17. The highest BCUT2D eigenvalue weighted by atomic mass is 32.2. The van der Waals surface area contributed by atoms with Gasteiger partial charge in [0, 0.05) is 13.1 Å². The predicted octanol–water partition coefficient (Wildman–Crippen LogP) is 3.16. The van der Waals surface area contributed by atoms with Gasteiger partial charge in [-0.2, -0.15) is 4.68 Å². The first-order chi connectivity index (χ1) is 12.1. The van der Waals surface area contributed by atoms with E-state index in [1.807, 2.05) is 30.9 Å². The number of hydrogen-bond acceptors (Lipinski definition) is 5. The van der Waals surface area contributed by atoms with Gasteiger partial charge in [0.05, 0.1) is 10.9 Å². The second-order valence-corrected chi connectivity index (χ2v) is 7.97. The number of thioether (sulfide) groups is 1. The summed E-state index contributed by atoms with van der Waals surface area (Å²) in [7, 11) is 0. The maximum Gasteiger partial charge on any atom is 0.235 e. The third-order valence-corrected chi connectivity index (χ3v) is 5.59. The van der Waals surface area contributed by atoms with Crippen molar-refractivity contribution in [3.63, 3.8) is 0 Å². The normalized spacial score (nSPS) is 16.5. The van der Waals surface area contributed by atoms with Crippen molar-refractivity contribution in [3.05, 3.63) is 29.3 Å². The first-order valence-corrected chi connectivity index (χ1v) is 9.75. The lowest BCUT2D eigenvalue weighted by Crippen LogP contribution is -2.37. The van der Waals surface area contributed by atoms with Gasteiger partial charge < -0.3 is 4.90 Å². The van der Waals surface area contributed by atoms with Gasteiger partial charge in [0.1, 0.15) is 0 Å². The number of tetrazole rings is 1. The van der Waals surface area contributed by atoms with Crippen LogP contribution < -0.4 is 0 Å². The molecule has 0 N–H and O–H groups in total. The van der Waals surface area contributed by atoms with Gasteiger partial charge in [-0.1, -0.05) is 42.3 Å². The number of rotatable bonds is 4. The molecule has 1 aromatic carbocycles. The Morgan fingerprint density at radius 1 is 1.16 bits per heavy atom. The lowest BCUT2D eigenvalue weighted by atomic mass is 10.1. The van der Waals surface area contributed by atoms with Crippen LogP contribution in [0, 0.1) is 13.8 Å². The Bertz CT molecular complexity index is 737. The minimum Gasteiger partial charge on any atom is -0.342 e. The standard InChI is InChI=1S/C18H25N5OS/c1-13-8-9-16(14(2)12-13)23-18(19-20-21-23)25-15(3)17(24)22-10-6-4-5-7-11-22/h8-9,12,15H,4-7,10-11H2,1-3H3/t15-/m1/s1. The number of likely N-dealkylation sites (tertiary alicyclic amines) is 1. The van der Waals surface area contributed by atoms with Crippen molar-refractivity contribution >= 4 is 17.7 Å². The Labute approximate surface area is 153 Å². The van der Waals surface area contributed by atoms with Crippen molar-refractivity contribution in [2.75, 3.05) is 13.1 Å². The molecular weight excluding hydrogens is 334 g/mol. The number of nitrogens with zero attached hydrogens (tertiary/aromatic N) is 5. The quantitative estimate of drug-likeness (QED) is 0.785. The average molecular weight is 359 g/mol. The van der Waals surface area contributed by atoms with Gasteiger partial charge in [-0.25, -0.2) is 0 Å². The molecule has 0 radical (unpaired) electrons. The molecule has 0 spiro atoms. The summed E-state index contributed by atoms with van der Waals surface area (Å²) in [6.07, 6.45) is 4.64. The van der Waals surface area contributed by atoms with Crippen LogP contribution in [-0.4, -0.2) is 49.4 Å². The fourth-order valence-corrected chi connectivity index (χ4v) is 4.09. The lowest BCUT2D eigenvalue weighted by molar-refractivity contribution is -0.130. The van der Waals surface area contributed by atoms with Gasteiger partial charge in [0.15, 0.2) is 0 Å². The highest BCUT2D eigenvalue weighted by Gasteiger charge is 2.24. The monoisotopic (exact) mass is 359 g/mol. The first kappa shape index (κ1) is 17.9. The largest absolute Gasteiger partial charge is 0.342 e. The van der Waals surface area contributed by atoms with Gasteiger partial charge in [0.25, 0.3) is 0 Å². The molecule has 0 unspecified atom stereocenters. The third kappa shape index (κ3) is 4.21. The van der Waals surface area contributed by atoms with Crippen LogP contribution in [-0.2, 0) is 4.79 Å². The van der Waals surface area contributed by atoms with Crippen molar-refractivity contribution < 1.29 is 4.79 Å². The van der Waals surface area contributed by atoms with Gasteiger partial charge in [-0.15, -0.1) is 5.10 Å². The molecule has 1 fully saturated rings. The van der Waals surface area contributed by atoms with Crippen molar-refractivity contribution in [3.8, 4) is 5.69 Å². The van der Waals surface area contributed by atoms with Crippen LogP contribution in [0.15, 0.2) is 23.4 Å². The maximum absolute atomic E-state index is 12.8. The summed E-state index contributed by atoms with van der Waals surface area (Å²) in [5.41, 5.74) is 3.27. The second kappa shape index (κ2) is 7.99. The molecule has 1 saturated heterocycles. The highest BCUT2D eigenvalue weighted by Crippen LogP contribution is 2.26. The molecule has 7 heteroatoms. The molecule has 0 bridgehead atoms. The van der Waals surface area contributed by atoms with Crippen LogP contribution in [0.1, 0.15) is 43.7 Å². The minimum absolute atomic E-state index is 0.182. The smallest absolute Gasteiger partial charge is 0.235 e. The van der Waals surface area contributed by atoms with E-state index in [0.717, 1.165) is 37.2 Å². The molecule has 3 rings (SSSR count). The van der Waals surface area contributed by atoms with Crippen LogP contribution in [0.25, 0.3) is 5.69 Å². The van der Waals surface area contributed by atoms with E-state index < -0.39 is 0 Å². The van der Waals surface area contributed by atoms with Crippen LogP contribution in [0.4, 0.5) is 0 Å². The molecule has 134 valence electrons. The molecule has 2 aromatic rings. The molecule has 1 atom stereocenters. The van der Waals surface area contributed by atoms with E-state index >= 15 is 0 Å². The number of aromatic nitrogens is 4. The summed E-state index contributed by atoms with van der Waals surface area (Å²) in [5.74, 6) is 0.182. The highest BCUT2D eigenvalue weighted by molar-refractivity contribution is 8.00. The molecule has 25 heavy (non-hydrogen) atoms. The van der Waals surface area contributed by atoms with E-state index in [-0.39, 0.29) is 11.2 Å². The van der Waals surface area contributed by atoms with Crippen molar-refractivity contribution in [1.29, 1.82) is 0 Å². The van der Waals surface area contributed by atoms with Crippen LogP contribution >= 0.6 is 11.8 Å². The zero-order chi connectivity index (χ0) is 17.8. The van der Waals surface area contributed by atoms with Crippen LogP contribution in [0.2, 0.25) is 0 Å². The minimum atomic E-state index is -0.200. The molecule has 0 aliphatic carbocycles. The SMILES string of the molecule is Cc1ccc(-n2nnnc2S[C@H](C)C(=O)N2CCCCCC2)c(C)c1. The van der Waals surface area contributed by atoms with Gasteiger partial charge in [-0.3, -0.25) is 4.79 Å². The van der Waals surface area contributed by atoms with E-state index in [4.69, 9.17) is 0 Å². The Hall–Kier alpha value is -1.89. The van der Waals surface area contributed by atoms with E-state index in [0.29, 0.717) is 5.16 Å². The van der Waals surface area contributed by atoms with E-state index in [9.17, 15) is 4.79 Å². The topological polar surface area (TPSA) is 63.9 Å². The lowest BCUT2D eigenvalue weighted by Gasteiger charge is -2.23. The Morgan fingerprint density at radius 3 is 2.56 bits per heavy atom. The van der Waals surface area contributed by atoms with Gasteiger partial charge in [0.2, 0.25) is 11.1 Å². The summed E-state index contributed by atoms with van der Waals surface area (Å²) in [5, 5.41) is 12.5. The second-order valence-electron chi connectivity index (χ2n) is 6.66. The summed E-state index contributed by atoms with van der Waals surface area (Å²) in [4.78, 5) is 14.8. The van der Waals surface area contributed by atoms with E-state index in [1.165, 1.54) is 30.2 Å². The number of amides is 1. The Balaban J connectivity index is 1.75. The van der Waals surface area contributed by atoms with Gasteiger partial charge >= 0.3 is 0 Å². The fraction of sp³-hybridized carbons (Fsp3) is 0.556. The molecular formula is C18H25N5OS. The van der Waals surface area contributed by atoms with E-state index in [1.54, 1.807) is 4.68 Å². The predicted molar refractivity (Wildman–Crippen MR) is 99.0 cm³/mol. The number of carbonyl (C=O) groups is 1. The molecule has 1 aromatic heterocycles. The van der Waals surface area contributed by atoms with Gasteiger partial charge in [-0.05, 0) is 55.7 Å². The molecule has 1 aliphatic rings. The van der Waals surface area contributed by atoms with Crippen molar-refractivity contribution in [2.45, 2.75) is 56.9 Å². The Morgan fingerprint density at radius 2 is 1.88 bits per heavy atom. The zero-order valence-electron chi connectivity index (χ0n) is 15.1. The van der Waals surface area contributed by atoms with Crippen LogP contribution in [0.3, 0.4) is 0 Å². The summed E-state index contributed by atoms with van der Waals surface area (Å²) in [6.45, 7) is 7.79. The molecule has 1 amide bonds. The average Bonchev–Trinajstić information content (AvgIpc) is 2.86. The number of hydrogen-bond donors (Lipinski definition) is 0. The maximum atomic E-state index is 12.8. The fourth-order valence-electron chi connectivity index (χ4n) is 3.20. The van der Waals surface area contributed by atoms with E-state index in [2.05, 4.69) is 28.5 Å². The summed E-state index contributed by atoms with van der Waals surface area (Å²) < 4.78 is 1.73. The molecule has 6 nitrogen and oxygen atoms in total. The Kier molecular flexibility index (Phi) is 5.73. The third-order valence-electron chi connectivity index (χ3n) is 4.57. The zero-order valence-corrected chi connectivity index (χ0v) is 15.9. The molecule has 0 saturated carbocycles. The number of aryl methyl sites for hydroxylation is 2. The summed E-state index contributed by atoms with van der Waals surface area (Å²) >= 11 is 1.43. The molecule has 2 heterocycles.